The van der Waals surface area contributed by atoms with Crippen molar-refractivity contribution in [3.63, 3.8) is 0 Å². The summed E-state index contributed by atoms with van der Waals surface area (Å²) in [6.07, 6.45) is 3.82. The van der Waals surface area contributed by atoms with E-state index in [1.165, 1.54) is 0 Å². The second kappa shape index (κ2) is 8.72. The molecule has 3 heteroatoms. The lowest BCUT2D eigenvalue weighted by Crippen LogP contribution is -2.36. The van der Waals surface area contributed by atoms with Gasteiger partial charge in [0, 0.05) is 25.0 Å². The summed E-state index contributed by atoms with van der Waals surface area (Å²) in [5.41, 5.74) is 0. The van der Waals surface area contributed by atoms with E-state index in [9.17, 15) is 4.79 Å². The Morgan fingerprint density at radius 2 is 1.93 bits per heavy atom. The van der Waals surface area contributed by atoms with Gasteiger partial charge in [-0.2, -0.15) is 0 Å². The number of nitrogens with one attached hydrogen (secondary N) is 2. The van der Waals surface area contributed by atoms with E-state index < -0.39 is 0 Å². The van der Waals surface area contributed by atoms with Crippen LogP contribution in [-0.4, -0.2) is 24.5 Å². The molecule has 1 amide bonds. The molecule has 0 aromatic heterocycles. The van der Waals surface area contributed by atoms with Gasteiger partial charge in [-0.15, -0.1) is 0 Å². The molecule has 0 aromatic rings. The van der Waals surface area contributed by atoms with E-state index >= 15 is 0 Å². The van der Waals surface area contributed by atoms with Crippen molar-refractivity contribution in [2.24, 2.45) is 0 Å². The summed E-state index contributed by atoms with van der Waals surface area (Å²) < 4.78 is 0. The maximum absolute atomic E-state index is 11.5. The van der Waals surface area contributed by atoms with Crippen molar-refractivity contribution >= 4 is 5.91 Å². The van der Waals surface area contributed by atoms with Gasteiger partial charge in [0.1, 0.15) is 0 Å². The summed E-state index contributed by atoms with van der Waals surface area (Å²) in [7, 11) is 0. The first-order chi connectivity index (χ1) is 7.10. The molecule has 0 rings (SSSR count). The van der Waals surface area contributed by atoms with Crippen molar-refractivity contribution in [2.75, 3.05) is 6.54 Å². The van der Waals surface area contributed by atoms with Crippen molar-refractivity contribution in [3.05, 3.63) is 0 Å². The molecule has 0 heterocycles. The van der Waals surface area contributed by atoms with Crippen LogP contribution in [0, 0.1) is 0 Å². The molecule has 1 atom stereocenters. The third kappa shape index (κ3) is 8.43. The second-order valence-electron chi connectivity index (χ2n) is 4.32. The number of carbonyl (C=O) groups is 1. The van der Waals surface area contributed by atoms with Crippen LogP contribution in [0.2, 0.25) is 0 Å². The van der Waals surface area contributed by atoms with E-state index in [0.29, 0.717) is 18.5 Å². The van der Waals surface area contributed by atoms with Gasteiger partial charge < -0.3 is 10.6 Å². The Hall–Kier alpha value is -0.570. The number of hydrogen-bond donors (Lipinski definition) is 2. The van der Waals surface area contributed by atoms with Gasteiger partial charge in [0.15, 0.2) is 0 Å². The minimum atomic E-state index is 0.170. The molecule has 1 unspecified atom stereocenters. The molecule has 0 fully saturated rings. The van der Waals surface area contributed by atoms with Gasteiger partial charge in [-0.05, 0) is 12.8 Å². The number of rotatable bonds is 8. The Bertz CT molecular complexity index is 169. The molecule has 0 aliphatic heterocycles. The van der Waals surface area contributed by atoms with Crippen LogP contribution < -0.4 is 10.6 Å². The highest BCUT2D eigenvalue weighted by atomic mass is 16.1. The standard InChI is InChI=1S/C12H26N2O/c1-5-7-11(6-2)14-12(15)8-9-13-10(3)4/h10-11,13H,5-9H2,1-4H3,(H,14,15). The Kier molecular flexibility index (Phi) is 8.38. The van der Waals surface area contributed by atoms with Gasteiger partial charge in [0.2, 0.25) is 5.91 Å². The summed E-state index contributed by atoms with van der Waals surface area (Å²) in [4.78, 5) is 11.5. The first-order valence-corrected chi connectivity index (χ1v) is 6.12. The molecule has 0 bridgehead atoms. The van der Waals surface area contributed by atoms with Crippen LogP contribution in [0.15, 0.2) is 0 Å². The van der Waals surface area contributed by atoms with Gasteiger partial charge in [0.05, 0.1) is 0 Å². The zero-order valence-electron chi connectivity index (χ0n) is 10.6. The maximum Gasteiger partial charge on any atom is 0.221 e. The molecule has 0 saturated heterocycles. The fourth-order valence-corrected chi connectivity index (χ4v) is 1.50. The summed E-state index contributed by atoms with van der Waals surface area (Å²) in [6, 6.07) is 0.817. The molecule has 2 N–H and O–H groups in total. The predicted octanol–water partition coefficient (Wildman–Crippen LogP) is 2.07. The Morgan fingerprint density at radius 3 is 2.40 bits per heavy atom. The number of carbonyl (C=O) groups excluding carboxylic acids is 1. The SMILES string of the molecule is CCCC(CC)NC(=O)CCNC(C)C. The van der Waals surface area contributed by atoms with Gasteiger partial charge >= 0.3 is 0 Å². The molecule has 0 saturated carbocycles. The number of hydrogen-bond acceptors (Lipinski definition) is 2. The normalized spacial score (nSPS) is 12.9. The lowest BCUT2D eigenvalue weighted by atomic mass is 10.1. The van der Waals surface area contributed by atoms with E-state index in [1.54, 1.807) is 0 Å². The highest BCUT2D eigenvalue weighted by Gasteiger charge is 2.08. The van der Waals surface area contributed by atoms with Crippen LogP contribution >= 0.6 is 0 Å². The highest BCUT2D eigenvalue weighted by molar-refractivity contribution is 5.76. The van der Waals surface area contributed by atoms with Gasteiger partial charge in [-0.3, -0.25) is 4.79 Å². The Morgan fingerprint density at radius 1 is 1.27 bits per heavy atom. The third-order valence-electron chi connectivity index (χ3n) is 2.40. The molecule has 15 heavy (non-hydrogen) atoms. The van der Waals surface area contributed by atoms with Crippen LogP contribution in [-0.2, 0) is 4.79 Å². The fourth-order valence-electron chi connectivity index (χ4n) is 1.50. The van der Waals surface area contributed by atoms with E-state index in [-0.39, 0.29) is 5.91 Å². The fraction of sp³-hybridized carbons (Fsp3) is 0.917. The molecular weight excluding hydrogens is 188 g/mol. The average molecular weight is 214 g/mol. The lowest BCUT2D eigenvalue weighted by Gasteiger charge is -2.16. The summed E-state index contributed by atoms with van der Waals surface area (Å²) >= 11 is 0. The minimum Gasteiger partial charge on any atom is -0.353 e. The topological polar surface area (TPSA) is 41.1 Å². The monoisotopic (exact) mass is 214 g/mol. The second-order valence-corrected chi connectivity index (χ2v) is 4.32. The first kappa shape index (κ1) is 14.4. The summed E-state index contributed by atoms with van der Waals surface area (Å²) in [5, 5.41) is 6.30. The molecular formula is C12H26N2O. The van der Waals surface area contributed by atoms with Crippen molar-refractivity contribution in [3.8, 4) is 0 Å². The maximum atomic E-state index is 11.5. The quantitative estimate of drug-likeness (QED) is 0.649. The van der Waals surface area contributed by atoms with E-state index in [4.69, 9.17) is 0 Å². The van der Waals surface area contributed by atoms with Gasteiger partial charge in [0.25, 0.3) is 0 Å². The Labute approximate surface area is 94.0 Å². The predicted molar refractivity (Wildman–Crippen MR) is 64.9 cm³/mol. The molecule has 90 valence electrons. The molecule has 3 nitrogen and oxygen atoms in total. The largest absolute Gasteiger partial charge is 0.353 e. The van der Waals surface area contributed by atoms with Crippen LogP contribution in [0.1, 0.15) is 53.4 Å². The van der Waals surface area contributed by atoms with E-state index in [1.807, 2.05) is 0 Å². The highest BCUT2D eigenvalue weighted by Crippen LogP contribution is 2.00. The van der Waals surface area contributed by atoms with Crippen molar-refractivity contribution in [1.82, 2.24) is 10.6 Å². The molecule has 0 aliphatic rings. The van der Waals surface area contributed by atoms with E-state index in [0.717, 1.165) is 25.8 Å². The van der Waals surface area contributed by atoms with Crippen molar-refractivity contribution < 1.29 is 4.79 Å². The number of amides is 1. The zero-order valence-corrected chi connectivity index (χ0v) is 10.6. The van der Waals surface area contributed by atoms with Crippen molar-refractivity contribution in [2.45, 2.75) is 65.5 Å². The van der Waals surface area contributed by atoms with Gasteiger partial charge in [-0.1, -0.05) is 34.1 Å². The molecule has 0 aromatic carbocycles. The molecule has 0 radical (unpaired) electrons. The van der Waals surface area contributed by atoms with Crippen LogP contribution in [0.4, 0.5) is 0 Å². The lowest BCUT2D eigenvalue weighted by molar-refractivity contribution is -0.121. The van der Waals surface area contributed by atoms with Crippen LogP contribution in [0.3, 0.4) is 0 Å². The summed E-state index contributed by atoms with van der Waals surface area (Å²) in [6.45, 7) is 9.21. The third-order valence-corrected chi connectivity index (χ3v) is 2.40. The molecule has 0 aliphatic carbocycles. The van der Waals surface area contributed by atoms with E-state index in [2.05, 4.69) is 38.3 Å². The smallest absolute Gasteiger partial charge is 0.221 e. The average Bonchev–Trinajstić information content (AvgIpc) is 2.16. The first-order valence-electron chi connectivity index (χ1n) is 6.12. The van der Waals surface area contributed by atoms with Crippen LogP contribution in [0.25, 0.3) is 0 Å². The zero-order chi connectivity index (χ0) is 11.7. The molecule has 0 spiro atoms. The van der Waals surface area contributed by atoms with Gasteiger partial charge in [-0.25, -0.2) is 0 Å². The van der Waals surface area contributed by atoms with Crippen molar-refractivity contribution in [1.29, 1.82) is 0 Å². The minimum absolute atomic E-state index is 0.170. The summed E-state index contributed by atoms with van der Waals surface area (Å²) in [5.74, 6) is 0.170. The Balaban J connectivity index is 3.61. The van der Waals surface area contributed by atoms with Crippen LogP contribution in [0.5, 0.6) is 0 Å².